The highest BCUT2D eigenvalue weighted by atomic mass is 32.2. The Balaban J connectivity index is 1.73. The molecule has 0 saturated carbocycles. The molecule has 0 aliphatic carbocycles. The van der Waals surface area contributed by atoms with Gasteiger partial charge >= 0.3 is 0 Å². The highest BCUT2D eigenvalue weighted by molar-refractivity contribution is 7.88. The number of nitrogens with zero attached hydrogens (tertiary/aromatic N) is 2. The molecule has 1 aromatic carbocycles. The molecule has 3 rings (SSSR count). The zero-order valence-electron chi connectivity index (χ0n) is 14.4. The summed E-state index contributed by atoms with van der Waals surface area (Å²) in [5, 5.41) is 0. The maximum Gasteiger partial charge on any atom is 0.208 e. The van der Waals surface area contributed by atoms with E-state index in [1.54, 1.807) is 19.2 Å². The third-order valence-corrected chi connectivity index (χ3v) is 5.21. The van der Waals surface area contributed by atoms with Crippen LogP contribution in [0.15, 0.2) is 36.5 Å². The molecule has 1 aliphatic heterocycles. The maximum absolute atomic E-state index is 13.8. The molecule has 1 aromatic heterocycles. The summed E-state index contributed by atoms with van der Waals surface area (Å²) in [5.74, 6) is -0.239. The van der Waals surface area contributed by atoms with E-state index in [9.17, 15) is 12.8 Å². The normalized spacial score (nSPS) is 16.2. The summed E-state index contributed by atoms with van der Waals surface area (Å²) in [4.78, 5) is 6.56. The van der Waals surface area contributed by atoms with Gasteiger partial charge in [0.15, 0.2) is 0 Å². The van der Waals surface area contributed by atoms with Crippen LogP contribution in [-0.2, 0) is 10.0 Å². The van der Waals surface area contributed by atoms with Crippen molar-refractivity contribution in [3.63, 3.8) is 0 Å². The Bertz CT molecular complexity index is 862. The van der Waals surface area contributed by atoms with Crippen molar-refractivity contribution < 1.29 is 12.8 Å². The van der Waals surface area contributed by atoms with E-state index in [0.29, 0.717) is 5.56 Å². The average Bonchev–Trinajstić information content (AvgIpc) is 2.57. The molecular weight excluding hydrogens is 341 g/mol. The number of aromatic nitrogens is 1. The van der Waals surface area contributed by atoms with Crippen LogP contribution in [0.1, 0.15) is 18.4 Å². The third-order valence-electron chi connectivity index (χ3n) is 4.45. The summed E-state index contributed by atoms with van der Waals surface area (Å²) in [6.07, 6.45) is 4.42. The highest BCUT2D eigenvalue weighted by Crippen LogP contribution is 2.26. The number of rotatable bonds is 4. The quantitative estimate of drug-likeness (QED) is 0.907. The van der Waals surface area contributed by atoms with E-state index in [0.717, 1.165) is 42.9 Å². The van der Waals surface area contributed by atoms with Crippen molar-refractivity contribution in [1.29, 1.82) is 0 Å². The number of nitrogens with one attached hydrogen (secondary N) is 1. The van der Waals surface area contributed by atoms with Crippen molar-refractivity contribution in [3.05, 3.63) is 47.9 Å². The first-order valence-corrected chi connectivity index (χ1v) is 10.2. The molecule has 5 nitrogen and oxygen atoms in total. The minimum atomic E-state index is -3.17. The molecule has 2 heterocycles. The second-order valence-corrected chi connectivity index (χ2v) is 8.29. The third kappa shape index (κ3) is 4.55. The van der Waals surface area contributed by atoms with Gasteiger partial charge in [0, 0.05) is 36.6 Å². The topological polar surface area (TPSA) is 62.3 Å². The van der Waals surface area contributed by atoms with Crippen LogP contribution in [0.5, 0.6) is 0 Å². The van der Waals surface area contributed by atoms with Crippen molar-refractivity contribution in [2.45, 2.75) is 25.8 Å². The van der Waals surface area contributed by atoms with Gasteiger partial charge < -0.3 is 4.90 Å². The smallest absolute Gasteiger partial charge is 0.208 e. The number of anilines is 1. The minimum Gasteiger partial charge on any atom is -0.371 e. The van der Waals surface area contributed by atoms with Gasteiger partial charge in [0.2, 0.25) is 10.0 Å². The fraction of sp³-hybridized carbons (Fsp3) is 0.389. The first kappa shape index (κ1) is 17.8. The lowest BCUT2D eigenvalue weighted by Crippen LogP contribution is -2.44. The largest absolute Gasteiger partial charge is 0.371 e. The molecule has 1 aliphatic rings. The van der Waals surface area contributed by atoms with Gasteiger partial charge in [0.25, 0.3) is 0 Å². The Morgan fingerprint density at radius 1 is 1.20 bits per heavy atom. The van der Waals surface area contributed by atoms with E-state index in [-0.39, 0.29) is 11.9 Å². The minimum absolute atomic E-state index is 0.0150. The summed E-state index contributed by atoms with van der Waals surface area (Å²) in [6.45, 7) is 3.26. The molecule has 0 unspecified atom stereocenters. The van der Waals surface area contributed by atoms with Crippen LogP contribution in [0.3, 0.4) is 0 Å². The van der Waals surface area contributed by atoms with Crippen LogP contribution in [0.4, 0.5) is 10.1 Å². The van der Waals surface area contributed by atoms with Gasteiger partial charge in [-0.25, -0.2) is 17.5 Å². The van der Waals surface area contributed by atoms with E-state index < -0.39 is 10.0 Å². The first-order valence-electron chi connectivity index (χ1n) is 8.27. The lowest BCUT2D eigenvalue weighted by atomic mass is 10.0. The van der Waals surface area contributed by atoms with Gasteiger partial charge in [-0.2, -0.15) is 0 Å². The first-order chi connectivity index (χ1) is 11.8. The van der Waals surface area contributed by atoms with Gasteiger partial charge in [-0.15, -0.1) is 0 Å². The Hall–Kier alpha value is -1.99. The Kier molecular flexibility index (Phi) is 5.06. The molecule has 2 aromatic rings. The predicted octanol–water partition coefficient (Wildman–Crippen LogP) is 2.71. The molecule has 0 spiro atoms. The summed E-state index contributed by atoms with van der Waals surface area (Å²) < 4.78 is 39.2. The van der Waals surface area contributed by atoms with Crippen LogP contribution < -0.4 is 9.62 Å². The van der Waals surface area contributed by atoms with Crippen molar-refractivity contribution >= 4 is 15.7 Å². The molecule has 0 radical (unpaired) electrons. The molecule has 7 heteroatoms. The van der Waals surface area contributed by atoms with E-state index in [1.807, 2.05) is 18.2 Å². The van der Waals surface area contributed by atoms with Crippen LogP contribution >= 0.6 is 0 Å². The number of hydrogen-bond acceptors (Lipinski definition) is 4. The lowest BCUT2D eigenvalue weighted by Gasteiger charge is -2.33. The molecule has 1 fully saturated rings. The molecular formula is C18H22FN3O2S. The van der Waals surface area contributed by atoms with Gasteiger partial charge in [0.1, 0.15) is 5.82 Å². The standard InChI is InChI=1S/C18H22FN3O2S/c1-13-3-4-14(11-17(13)19)18-12-16(5-8-20-18)22-9-6-15(7-10-22)21-25(2,23)24/h3-5,8,11-12,15,21H,6-7,9-10H2,1-2H3. The zero-order valence-corrected chi connectivity index (χ0v) is 15.2. The number of halogens is 1. The number of aryl methyl sites for hydroxylation is 1. The molecule has 0 bridgehead atoms. The lowest BCUT2D eigenvalue weighted by molar-refractivity contribution is 0.461. The Labute approximate surface area is 147 Å². The highest BCUT2D eigenvalue weighted by Gasteiger charge is 2.22. The number of sulfonamides is 1. The Morgan fingerprint density at radius 3 is 2.56 bits per heavy atom. The number of hydrogen-bond donors (Lipinski definition) is 1. The maximum atomic E-state index is 13.8. The number of benzene rings is 1. The van der Waals surface area contributed by atoms with Crippen LogP contribution in [-0.4, -0.2) is 38.8 Å². The molecule has 0 atom stereocenters. The average molecular weight is 363 g/mol. The van der Waals surface area contributed by atoms with E-state index in [4.69, 9.17) is 0 Å². The number of pyridine rings is 1. The predicted molar refractivity (Wildman–Crippen MR) is 97.6 cm³/mol. The summed E-state index contributed by atoms with van der Waals surface area (Å²) >= 11 is 0. The van der Waals surface area contributed by atoms with Gasteiger partial charge in [0.05, 0.1) is 11.9 Å². The fourth-order valence-electron chi connectivity index (χ4n) is 3.08. The van der Waals surface area contributed by atoms with Crippen molar-refractivity contribution in [3.8, 4) is 11.3 Å². The monoisotopic (exact) mass is 363 g/mol. The SMILES string of the molecule is Cc1ccc(-c2cc(N3CCC(NS(C)(=O)=O)CC3)ccn2)cc1F. The Morgan fingerprint density at radius 2 is 1.92 bits per heavy atom. The van der Waals surface area contributed by atoms with Crippen molar-refractivity contribution in [2.24, 2.45) is 0 Å². The van der Waals surface area contributed by atoms with Crippen LogP contribution in [0.25, 0.3) is 11.3 Å². The second-order valence-electron chi connectivity index (χ2n) is 6.51. The van der Waals surface area contributed by atoms with Crippen molar-refractivity contribution in [2.75, 3.05) is 24.2 Å². The van der Waals surface area contributed by atoms with E-state index >= 15 is 0 Å². The molecule has 1 saturated heterocycles. The number of piperidine rings is 1. The van der Waals surface area contributed by atoms with Crippen LogP contribution in [0, 0.1) is 12.7 Å². The molecule has 0 amide bonds. The molecule has 134 valence electrons. The summed E-state index contributed by atoms with van der Waals surface area (Å²) in [7, 11) is -3.17. The fourth-order valence-corrected chi connectivity index (χ4v) is 3.93. The van der Waals surface area contributed by atoms with Crippen LogP contribution in [0.2, 0.25) is 0 Å². The molecule has 25 heavy (non-hydrogen) atoms. The second kappa shape index (κ2) is 7.09. The van der Waals surface area contributed by atoms with Crippen molar-refractivity contribution in [1.82, 2.24) is 9.71 Å². The van der Waals surface area contributed by atoms with Gasteiger partial charge in [-0.1, -0.05) is 12.1 Å². The van der Waals surface area contributed by atoms with E-state index in [1.165, 1.54) is 12.3 Å². The van der Waals surface area contributed by atoms with Gasteiger partial charge in [-0.05, 0) is 43.5 Å². The van der Waals surface area contributed by atoms with E-state index in [2.05, 4.69) is 14.6 Å². The van der Waals surface area contributed by atoms with Gasteiger partial charge in [-0.3, -0.25) is 4.98 Å². The summed E-state index contributed by atoms with van der Waals surface area (Å²) in [6, 6.07) is 8.99. The zero-order chi connectivity index (χ0) is 18.0. The summed E-state index contributed by atoms with van der Waals surface area (Å²) in [5.41, 5.74) is 3.11. The molecule has 1 N–H and O–H groups in total.